The van der Waals surface area contributed by atoms with E-state index in [4.69, 9.17) is 0 Å². The number of piperidine rings is 1. The molecule has 1 aliphatic carbocycles. The Balaban J connectivity index is 1.44. The van der Waals surface area contributed by atoms with Gasteiger partial charge in [0.25, 0.3) is 0 Å². The first-order valence-electron chi connectivity index (χ1n) is 8.69. The van der Waals surface area contributed by atoms with Crippen LogP contribution < -0.4 is 10.6 Å². The summed E-state index contributed by atoms with van der Waals surface area (Å²) in [6, 6.07) is 0.328. The van der Waals surface area contributed by atoms with Crippen molar-refractivity contribution in [3.05, 3.63) is 0 Å². The van der Waals surface area contributed by atoms with Crippen LogP contribution in [0, 0.1) is 5.92 Å². The molecule has 0 spiro atoms. The maximum atomic E-state index is 12.5. The summed E-state index contributed by atoms with van der Waals surface area (Å²) in [5.41, 5.74) is 0. The van der Waals surface area contributed by atoms with Gasteiger partial charge in [-0.1, -0.05) is 0 Å². The summed E-state index contributed by atoms with van der Waals surface area (Å²) >= 11 is 0. The second-order valence-electron chi connectivity index (χ2n) is 6.84. The predicted octanol–water partition coefficient (Wildman–Crippen LogP) is -0.203. The van der Waals surface area contributed by atoms with Gasteiger partial charge in [-0.3, -0.25) is 14.5 Å². The van der Waals surface area contributed by atoms with Crippen LogP contribution in [-0.4, -0.2) is 73.0 Å². The van der Waals surface area contributed by atoms with Crippen molar-refractivity contribution in [2.45, 2.75) is 44.7 Å². The topological polar surface area (TPSA) is 64.7 Å². The van der Waals surface area contributed by atoms with E-state index in [1.165, 1.54) is 0 Å². The third kappa shape index (κ3) is 3.79. The highest BCUT2D eigenvalue weighted by Crippen LogP contribution is 2.20. The molecule has 2 amide bonds. The minimum absolute atomic E-state index is 0.0864. The number of amides is 2. The SMILES string of the molecule is CC(C(=O)NC1CC1)N1CCN(C(=O)C2CCNCC2)CC1. The summed E-state index contributed by atoms with van der Waals surface area (Å²) in [6.07, 6.45) is 4.16. The number of hydrogen-bond donors (Lipinski definition) is 2. The van der Waals surface area contributed by atoms with E-state index in [0.717, 1.165) is 65.0 Å². The third-order valence-electron chi connectivity index (χ3n) is 5.17. The molecule has 124 valence electrons. The highest BCUT2D eigenvalue weighted by Gasteiger charge is 2.32. The monoisotopic (exact) mass is 308 g/mol. The van der Waals surface area contributed by atoms with Crippen LogP contribution in [0.5, 0.6) is 0 Å². The fourth-order valence-corrected chi connectivity index (χ4v) is 3.37. The fourth-order valence-electron chi connectivity index (χ4n) is 3.37. The molecular weight excluding hydrogens is 280 g/mol. The van der Waals surface area contributed by atoms with Crippen molar-refractivity contribution >= 4 is 11.8 Å². The van der Waals surface area contributed by atoms with Crippen molar-refractivity contribution in [3.8, 4) is 0 Å². The lowest BCUT2D eigenvalue weighted by atomic mass is 9.96. The van der Waals surface area contributed by atoms with Gasteiger partial charge in [-0.15, -0.1) is 0 Å². The van der Waals surface area contributed by atoms with Crippen LogP contribution in [0.25, 0.3) is 0 Å². The number of nitrogens with one attached hydrogen (secondary N) is 2. The van der Waals surface area contributed by atoms with Crippen molar-refractivity contribution in [2.75, 3.05) is 39.3 Å². The second-order valence-corrected chi connectivity index (χ2v) is 6.84. The molecule has 0 bridgehead atoms. The molecule has 22 heavy (non-hydrogen) atoms. The fraction of sp³-hybridized carbons (Fsp3) is 0.875. The molecule has 0 aromatic carbocycles. The second kappa shape index (κ2) is 6.96. The number of rotatable bonds is 4. The van der Waals surface area contributed by atoms with Gasteiger partial charge in [-0.25, -0.2) is 0 Å². The Labute approximate surface area is 132 Å². The summed E-state index contributed by atoms with van der Waals surface area (Å²) in [4.78, 5) is 28.8. The van der Waals surface area contributed by atoms with Crippen LogP contribution in [-0.2, 0) is 9.59 Å². The largest absolute Gasteiger partial charge is 0.352 e. The first-order chi connectivity index (χ1) is 10.6. The van der Waals surface area contributed by atoms with Gasteiger partial charge in [-0.05, 0) is 45.7 Å². The Morgan fingerprint density at radius 3 is 2.27 bits per heavy atom. The van der Waals surface area contributed by atoms with Gasteiger partial charge in [-0.2, -0.15) is 0 Å². The first kappa shape index (κ1) is 15.7. The van der Waals surface area contributed by atoms with E-state index in [-0.39, 0.29) is 17.9 Å². The average molecular weight is 308 g/mol. The molecule has 0 aromatic rings. The lowest BCUT2D eigenvalue weighted by Crippen LogP contribution is -2.56. The summed E-state index contributed by atoms with van der Waals surface area (Å²) in [6.45, 7) is 6.99. The number of carbonyl (C=O) groups is 2. The summed E-state index contributed by atoms with van der Waals surface area (Å²) in [7, 11) is 0. The molecule has 1 atom stereocenters. The molecule has 1 saturated carbocycles. The van der Waals surface area contributed by atoms with Crippen LogP contribution in [0.15, 0.2) is 0 Å². The molecule has 2 N–H and O–H groups in total. The molecule has 2 heterocycles. The van der Waals surface area contributed by atoms with Gasteiger partial charge in [0.05, 0.1) is 6.04 Å². The number of piperazine rings is 1. The summed E-state index contributed by atoms with van der Waals surface area (Å²) in [5.74, 6) is 0.653. The maximum Gasteiger partial charge on any atom is 0.237 e. The molecule has 3 rings (SSSR count). The zero-order chi connectivity index (χ0) is 15.5. The van der Waals surface area contributed by atoms with Gasteiger partial charge in [0, 0.05) is 38.1 Å². The van der Waals surface area contributed by atoms with Gasteiger partial charge < -0.3 is 15.5 Å². The minimum Gasteiger partial charge on any atom is -0.352 e. The smallest absolute Gasteiger partial charge is 0.237 e. The van der Waals surface area contributed by atoms with Gasteiger partial charge in [0.15, 0.2) is 0 Å². The van der Waals surface area contributed by atoms with Crippen LogP contribution >= 0.6 is 0 Å². The molecule has 0 radical (unpaired) electrons. The van der Waals surface area contributed by atoms with E-state index in [1.54, 1.807) is 0 Å². The zero-order valence-corrected chi connectivity index (χ0v) is 13.5. The Hall–Kier alpha value is -1.14. The number of nitrogens with zero attached hydrogens (tertiary/aromatic N) is 2. The molecule has 1 unspecified atom stereocenters. The molecule has 2 saturated heterocycles. The van der Waals surface area contributed by atoms with Crippen molar-refractivity contribution in [2.24, 2.45) is 5.92 Å². The van der Waals surface area contributed by atoms with E-state index >= 15 is 0 Å². The molecule has 0 aromatic heterocycles. The Kier molecular flexibility index (Phi) is 4.98. The van der Waals surface area contributed by atoms with Crippen LogP contribution in [0.3, 0.4) is 0 Å². The average Bonchev–Trinajstić information content (AvgIpc) is 3.38. The predicted molar refractivity (Wildman–Crippen MR) is 84.4 cm³/mol. The lowest BCUT2D eigenvalue weighted by molar-refractivity contribution is -0.139. The first-order valence-corrected chi connectivity index (χ1v) is 8.69. The minimum atomic E-state index is -0.0864. The Morgan fingerprint density at radius 2 is 1.68 bits per heavy atom. The van der Waals surface area contributed by atoms with E-state index in [2.05, 4.69) is 15.5 Å². The van der Waals surface area contributed by atoms with E-state index in [9.17, 15) is 9.59 Å². The Bertz CT molecular complexity index is 410. The van der Waals surface area contributed by atoms with Crippen molar-refractivity contribution in [1.82, 2.24) is 20.4 Å². The standard InChI is InChI=1S/C16H28N4O2/c1-12(15(21)18-14-2-3-14)19-8-10-20(11-9-19)16(22)13-4-6-17-7-5-13/h12-14,17H,2-11H2,1H3,(H,18,21). The maximum absolute atomic E-state index is 12.5. The molecule has 3 aliphatic rings. The lowest BCUT2D eigenvalue weighted by Gasteiger charge is -2.39. The number of hydrogen-bond acceptors (Lipinski definition) is 4. The zero-order valence-electron chi connectivity index (χ0n) is 13.5. The molecule has 6 nitrogen and oxygen atoms in total. The van der Waals surface area contributed by atoms with Crippen molar-refractivity contribution in [3.63, 3.8) is 0 Å². The van der Waals surface area contributed by atoms with E-state index in [1.807, 2.05) is 11.8 Å². The summed E-state index contributed by atoms with van der Waals surface area (Å²) in [5, 5.41) is 6.37. The Morgan fingerprint density at radius 1 is 1.05 bits per heavy atom. The molecule has 6 heteroatoms. The summed E-state index contributed by atoms with van der Waals surface area (Å²) < 4.78 is 0. The van der Waals surface area contributed by atoms with Crippen LogP contribution in [0.1, 0.15) is 32.6 Å². The van der Waals surface area contributed by atoms with E-state index < -0.39 is 0 Å². The quantitative estimate of drug-likeness (QED) is 0.755. The van der Waals surface area contributed by atoms with Crippen molar-refractivity contribution in [1.29, 1.82) is 0 Å². The van der Waals surface area contributed by atoms with Crippen LogP contribution in [0.4, 0.5) is 0 Å². The number of carbonyl (C=O) groups excluding carboxylic acids is 2. The van der Waals surface area contributed by atoms with Crippen molar-refractivity contribution < 1.29 is 9.59 Å². The molecular formula is C16H28N4O2. The van der Waals surface area contributed by atoms with E-state index in [0.29, 0.717) is 11.9 Å². The van der Waals surface area contributed by atoms with Gasteiger partial charge >= 0.3 is 0 Å². The van der Waals surface area contributed by atoms with Gasteiger partial charge in [0.1, 0.15) is 0 Å². The highest BCUT2D eigenvalue weighted by atomic mass is 16.2. The van der Waals surface area contributed by atoms with Gasteiger partial charge in [0.2, 0.25) is 11.8 Å². The molecule has 2 aliphatic heterocycles. The molecule has 3 fully saturated rings. The third-order valence-corrected chi connectivity index (χ3v) is 5.17. The highest BCUT2D eigenvalue weighted by molar-refractivity contribution is 5.82. The normalized spacial score (nSPS) is 25.8. The van der Waals surface area contributed by atoms with Crippen LogP contribution in [0.2, 0.25) is 0 Å².